The molecule has 112 valence electrons. The number of aliphatic hydroxyl groups is 1. The quantitative estimate of drug-likeness (QED) is 0.857. The van der Waals surface area contributed by atoms with Gasteiger partial charge in [-0.3, -0.25) is 0 Å². The summed E-state index contributed by atoms with van der Waals surface area (Å²) in [5.41, 5.74) is 2.23. The monoisotopic (exact) mass is 339 g/mol. The third-order valence-corrected chi connectivity index (χ3v) is 5.20. The number of hydrogen-bond acceptors (Lipinski definition) is 2. The standard InChI is InChI=1S/C17H26BrNO/c1-12(2)14-5-4-9-19(10-8-14)15-6-7-16(13(3)20)17(18)11-15/h6-7,11-14,20H,4-5,8-10H2,1-3H3/t13-,14?/m1/s1. The number of benzene rings is 1. The molecule has 1 aliphatic rings. The fourth-order valence-corrected chi connectivity index (χ4v) is 3.80. The molecule has 1 heterocycles. The van der Waals surface area contributed by atoms with Crippen LogP contribution in [0.2, 0.25) is 0 Å². The molecule has 1 N–H and O–H groups in total. The summed E-state index contributed by atoms with van der Waals surface area (Å²) in [4.78, 5) is 2.49. The van der Waals surface area contributed by atoms with E-state index in [1.807, 2.05) is 6.07 Å². The molecule has 2 atom stereocenters. The molecule has 0 saturated carbocycles. The minimum absolute atomic E-state index is 0.423. The first-order chi connectivity index (χ1) is 9.49. The van der Waals surface area contributed by atoms with E-state index >= 15 is 0 Å². The average molecular weight is 340 g/mol. The normalized spacial score (nSPS) is 21.9. The first kappa shape index (κ1) is 15.8. The third-order valence-electron chi connectivity index (χ3n) is 4.51. The summed E-state index contributed by atoms with van der Waals surface area (Å²) in [7, 11) is 0. The van der Waals surface area contributed by atoms with Crippen LogP contribution in [0.1, 0.15) is 51.7 Å². The molecule has 0 radical (unpaired) electrons. The van der Waals surface area contributed by atoms with Crippen molar-refractivity contribution in [3.05, 3.63) is 28.2 Å². The summed E-state index contributed by atoms with van der Waals surface area (Å²) in [5, 5.41) is 9.70. The van der Waals surface area contributed by atoms with E-state index in [1.165, 1.54) is 24.9 Å². The van der Waals surface area contributed by atoms with Crippen LogP contribution < -0.4 is 4.90 Å². The van der Waals surface area contributed by atoms with Crippen LogP contribution >= 0.6 is 15.9 Å². The lowest BCUT2D eigenvalue weighted by molar-refractivity contribution is 0.198. The third kappa shape index (κ3) is 3.76. The van der Waals surface area contributed by atoms with Crippen LogP contribution in [0, 0.1) is 11.8 Å². The maximum absolute atomic E-state index is 9.70. The minimum Gasteiger partial charge on any atom is -0.389 e. The SMILES string of the molecule is CC(C)C1CCCN(c2ccc([C@@H](C)O)c(Br)c2)CC1. The Morgan fingerprint density at radius 3 is 2.55 bits per heavy atom. The van der Waals surface area contributed by atoms with E-state index in [0.717, 1.165) is 35.0 Å². The molecule has 2 rings (SSSR count). The first-order valence-electron chi connectivity index (χ1n) is 7.71. The Kier molecular flexibility index (Phi) is 5.50. The van der Waals surface area contributed by atoms with Gasteiger partial charge in [-0.05, 0) is 55.7 Å². The summed E-state index contributed by atoms with van der Waals surface area (Å²) < 4.78 is 1.01. The largest absolute Gasteiger partial charge is 0.389 e. The van der Waals surface area contributed by atoms with Gasteiger partial charge in [-0.15, -0.1) is 0 Å². The van der Waals surface area contributed by atoms with Crippen LogP contribution in [0.3, 0.4) is 0 Å². The average Bonchev–Trinajstić information content (AvgIpc) is 2.63. The summed E-state index contributed by atoms with van der Waals surface area (Å²) in [6.07, 6.45) is 3.49. The highest BCUT2D eigenvalue weighted by Crippen LogP contribution is 2.31. The highest BCUT2D eigenvalue weighted by molar-refractivity contribution is 9.10. The molecule has 1 aromatic rings. The van der Waals surface area contributed by atoms with E-state index in [0.29, 0.717) is 0 Å². The Hall–Kier alpha value is -0.540. The van der Waals surface area contributed by atoms with Gasteiger partial charge in [0.1, 0.15) is 0 Å². The second-order valence-corrected chi connectivity index (χ2v) is 7.16. The number of aliphatic hydroxyl groups excluding tert-OH is 1. The predicted molar refractivity (Wildman–Crippen MR) is 89.2 cm³/mol. The van der Waals surface area contributed by atoms with Crippen molar-refractivity contribution in [2.75, 3.05) is 18.0 Å². The molecule has 1 aromatic carbocycles. The Labute approximate surface area is 131 Å². The van der Waals surface area contributed by atoms with Gasteiger partial charge in [-0.2, -0.15) is 0 Å². The summed E-state index contributed by atoms with van der Waals surface area (Å²) in [6, 6.07) is 6.33. The van der Waals surface area contributed by atoms with E-state index in [1.54, 1.807) is 6.92 Å². The number of halogens is 1. The lowest BCUT2D eigenvalue weighted by Gasteiger charge is -2.24. The van der Waals surface area contributed by atoms with Gasteiger partial charge in [0.05, 0.1) is 6.10 Å². The van der Waals surface area contributed by atoms with Crippen LogP contribution in [0.25, 0.3) is 0 Å². The summed E-state index contributed by atoms with van der Waals surface area (Å²) in [6.45, 7) is 8.77. The zero-order chi connectivity index (χ0) is 14.7. The van der Waals surface area contributed by atoms with Gasteiger partial charge < -0.3 is 10.0 Å². The molecule has 1 fully saturated rings. The van der Waals surface area contributed by atoms with Crippen LogP contribution in [0.4, 0.5) is 5.69 Å². The number of rotatable bonds is 3. The van der Waals surface area contributed by atoms with Crippen molar-refractivity contribution in [3.8, 4) is 0 Å². The summed E-state index contributed by atoms with van der Waals surface area (Å²) >= 11 is 3.58. The number of nitrogens with zero attached hydrogens (tertiary/aromatic N) is 1. The molecule has 1 saturated heterocycles. The van der Waals surface area contributed by atoms with Crippen LogP contribution in [0.15, 0.2) is 22.7 Å². The van der Waals surface area contributed by atoms with Gasteiger partial charge in [0.2, 0.25) is 0 Å². The van der Waals surface area contributed by atoms with E-state index in [-0.39, 0.29) is 0 Å². The van der Waals surface area contributed by atoms with Crippen molar-refractivity contribution in [2.24, 2.45) is 11.8 Å². The van der Waals surface area contributed by atoms with Crippen molar-refractivity contribution in [3.63, 3.8) is 0 Å². The molecule has 2 nitrogen and oxygen atoms in total. The van der Waals surface area contributed by atoms with Crippen LogP contribution in [-0.4, -0.2) is 18.2 Å². The van der Waals surface area contributed by atoms with Crippen LogP contribution in [-0.2, 0) is 0 Å². The molecule has 0 amide bonds. The second kappa shape index (κ2) is 6.95. The van der Waals surface area contributed by atoms with Gasteiger partial charge in [-0.25, -0.2) is 0 Å². The van der Waals surface area contributed by atoms with Gasteiger partial charge in [0, 0.05) is 23.2 Å². The number of hydrogen-bond donors (Lipinski definition) is 1. The van der Waals surface area contributed by atoms with Crippen molar-refractivity contribution in [2.45, 2.75) is 46.1 Å². The zero-order valence-electron chi connectivity index (χ0n) is 12.8. The van der Waals surface area contributed by atoms with E-state index < -0.39 is 6.10 Å². The minimum atomic E-state index is -0.423. The molecule has 0 aromatic heterocycles. The van der Waals surface area contributed by atoms with Crippen molar-refractivity contribution in [1.29, 1.82) is 0 Å². The van der Waals surface area contributed by atoms with E-state index in [4.69, 9.17) is 0 Å². The predicted octanol–water partition coefficient (Wildman–Crippen LogP) is 4.76. The molecular weight excluding hydrogens is 314 g/mol. The molecule has 0 spiro atoms. The zero-order valence-corrected chi connectivity index (χ0v) is 14.4. The van der Waals surface area contributed by atoms with Gasteiger partial charge in [0.15, 0.2) is 0 Å². The first-order valence-corrected chi connectivity index (χ1v) is 8.50. The highest BCUT2D eigenvalue weighted by Gasteiger charge is 2.20. The molecule has 3 heteroatoms. The molecular formula is C17H26BrNO. The Balaban J connectivity index is 2.10. The molecule has 1 aliphatic heterocycles. The lowest BCUT2D eigenvalue weighted by atomic mass is 9.89. The van der Waals surface area contributed by atoms with E-state index in [2.05, 4.69) is 46.8 Å². The summed E-state index contributed by atoms with van der Waals surface area (Å²) in [5.74, 6) is 1.65. The van der Waals surface area contributed by atoms with E-state index in [9.17, 15) is 5.11 Å². The fourth-order valence-electron chi connectivity index (χ4n) is 3.10. The smallest absolute Gasteiger partial charge is 0.0772 e. The Morgan fingerprint density at radius 2 is 1.95 bits per heavy atom. The maximum Gasteiger partial charge on any atom is 0.0772 e. The Bertz CT molecular complexity index is 445. The van der Waals surface area contributed by atoms with Gasteiger partial charge in [0.25, 0.3) is 0 Å². The van der Waals surface area contributed by atoms with Crippen LogP contribution in [0.5, 0.6) is 0 Å². The van der Waals surface area contributed by atoms with Crippen molar-refractivity contribution >= 4 is 21.6 Å². The van der Waals surface area contributed by atoms with Gasteiger partial charge in [-0.1, -0.05) is 35.8 Å². The van der Waals surface area contributed by atoms with Crippen molar-refractivity contribution in [1.82, 2.24) is 0 Å². The van der Waals surface area contributed by atoms with Crippen molar-refractivity contribution < 1.29 is 5.11 Å². The number of anilines is 1. The fraction of sp³-hybridized carbons (Fsp3) is 0.647. The second-order valence-electron chi connectivity index (χ2n) is 6.30. The highest BCUT2D eigenvalue weighted by atomic mass is 79.9. The Morgan fingerprint density at radius 1 is 1.20 bits per heavy atom. The molecule has 0 aliphatic carbocycles. The molecule has 1 unspecified atom stereocenters. The molecule has 0 bridgehead atoms. The molecule has 20 heavy (non-hydrogen) atoms. The lowest BCUT2D eigenvalue weighted by Crippen LogP contribution is -2.24. The van der Waals surface area contributed by atoms with Gasteiger partial charge >= 0.3 is 0 Å². The maximum atomic E-state index is 9.70. The topological polar surface area (TPSA) is 23.5 Å².